The molecule has 8 nitrogen and oxygen atoms in total. The molecule has 8 heteroatoms. The van der Waals surface area contributed by atoms with E-state index in [0.29, 0.717) is 17.0 Å². The van der Waals surface area contributed by atoms with Crippen molar-refractivity contribution < 1.29 is 9.47 Å². The number of ether oxygens (including phenoxy) is 2. The number of H-pyrrole nitrogens is 2. The van der Waals surface area contributed by atoms with Gasteiger partial charge in [0, 0.05) is 6.07 Å². The number of methoxy groups -OCH3 is 2. The quantitative estimate of drug-likeness (QED) is 0.689. The number of nitrogens with one attached hydrogen (secondary N) is 2. The smallest absolute Gasteiger partial charge is 0.278 e. The van der Waals surface area contributed by atoms with Crippen LogP contribution >= 0.6 is 0 Å². The van der Waals surface area contributed by atoms with Crippen LogP contribution in [0.4, 0.5) is 0 Å². The summed E-state index contributed by atoms with van der Waals surface area (Å²) in [5.74, 6) is 0.800. The van der Waals surface area contributed by atoms with Gasteiger partial charge in [0.1, 0.15) is 0 Å². The number of rotatable bonds is 2. The maximum atomic E-state index is 12.4. The van der Waals surface area contributed by atoms with Crippen molar-refractivity contribution in [1.29, 1.82) is 0 Å². The first-order valence-electron chi connectivity index (χ1n) is 5.68. The van der Waals surface area contributed by atoms with Crippen molar-refractivity contribution in [3.8, 4) is 11.5 Å². The van der Waals surface area contributed by atoms with Gasteiger partial charge in [-0.1, -0.05) is 0 Å². The Morgan fingerprint density at radius 1 is 1.00 bits per heavy atom. The van der Waals surface area contributed by atoms with Crippen molar-refractivity contribution >= 4 is 21.9 Å². The average Bonchev–Trinajstić information content (AvgIpc) is 2.92. The third kappa shape index (κ3) is 1.62. The molecular formula is C12H10N4O4. The molecule has 0 aliphatic heterocycles. The lowest BCUT2D eigenvalue weighted by Gasteiger charge is -2.07. The Bertz CT molecular complexity index is 928. The lowest BCUT2D eigenvalue weighted by Crippen LogP contribution is -2.02. The molecule has 0 spiro atoms. The Balaban J connectivity index is 2.60. The van der Waals surface area contributed by atoms with Gasteiger partial charge >= 0.3 is 0 Å². The van der Waals surface area contributed by atoms with Crippen LogP contribution in [-0.2, 0) is 0 Å². The first-order valence-corrected chi connectivity index (χ1v) is 5.68. The van der Waals surface area contributed by atoms with E-state index >= 15 is 0 Å². The Kier molecular flexibility index (Phi) is 2.63. The minimum atomic E-state index is -0.506. The van der Waals surface area contributed by atoms with Crippen molar-refractivity contribution in [2.75, 3.05) is 14.2 Å². The van der Waals surface area contributed by atoms with Crippen LogP contribution < -0.4 is 20.5 Å². The molecule has 0 aliphatic rings. The van der Waals surface area contributed by atoms with E-state index in [1.807, 2.05) is 0 Å². The minimum absolute atomic E-state index is 0.0199. The van der Waals surface area contributed by atoms with E-state index in [1.165, 1.54) is 26.4 Å². The maximum absolute atomic E-state index is 12.4. The predicted molar refractivity (Wildman–Crippen MR) is 71.4 cm³/mol. The molecular weight excluding hydrogens is 264 g/mol. The summed E-state index contributed by atoms with van der Waals surface area (Å²) in [5, 5.41) is 9.95. The molecule has 0 saturated heterocycles. The summed E-state index contributed by atoms with van der Waals surface area (Å²) in [6.07, 6.45) is 0. The molecule has 0 aliphatic carbocycles. The van der Waals surface area contributed by atoms with Crippen LogP contribution in [0, 0.1) is 0 Å². The highest BCUT2D eigenvalue weighted by atomic mass is 16.5. The number of fused-ring (bicyclic) bond motifs is 2. The molecule has 0 radical (unpaired) electrons. The second-order valence-electron chi connectivity index (χ2n) is 4.06. The normalized spacial score (nSPS) is 10.9. The zero-order valence-electron chi connectivity index (χ0n) is 10.7. The van der Waals surface area contributed by atoms with E-state index in [1.54, 1.807) is 0 Å². The number of hydrogen-bond donors (Lipinski definition) is 2. The molecule has 0 bridgehead atoms. The van der Waals surface area contributed by atoms with Crippen molar-refractivity contribution in [3.05, 3.63) is 32.7 Å². The second-order valence-corrected chi connectivity index (χ2v) is 4.06. The van der Waals surface area contributed by atoms with E-state index in [0.717, 1.165) is 0 Å². The number of aromatic nitrogens is 4. The average molecular weight is 274 g/mol. The molecule has 0 unspecified atom stereocenters. The number of nitrogens with zero attached hydrogens (tertiary/aromatic N) is 2. The highest BCUT2D eigenvalue weighted by Crippen LogP contribution is 2.29. The fourth-order valence-corrected chi connectivity index (χ4v) is 2.03. The Morgan fingerprint density at radius 2 is 1.65 bits per heavy atom. The van der Waals surface area contributed by atoms with Crippen molar-refractivity contribution in [3.63, 3.8) is 0 Å². The zero-order valence-corrected chi connectivity index (χ0v) is 10.7. The molecule has 2 N–H and O–H groups in total. The van der Waals surface area contributed by atoms with E-state index in [4.69, 9.17) is 9.47 Å². The molecule has 2 heterocycles. The van der Waals surface area contributed by atoms with Crippen LogP contribution in [-0.4, -0.2) is 34.6 Å². The molecule has 0 saturated carbocycles. The number of hydrogen-bond acceptors (Lipinski definition) is 6. The van der Waals surface area contributed by atoms with E-state index in [-0.39, 0.29) is 16.4 Å². The molecule has 3 aromatic rings. The molecule has 20 heavy (non-hydrogen) atoms. The Hall–Kier alpha value is -2.90. The van der Waals surface area contributed by atoms with E-state index in [2.05, 4.69) is 20.4 Å². The van der Waals surface area contributed by atoms with Crippen LogP contribution in [0.2, 0.25) is 0 Å². The highest BCUT2D eigenvalue weighted by Gasteiger charge is 2.13. The van der Waals surface area contributed by atoms with Crippen molar-refractivity contribution in [2.45, 2.75) is 0 Å². The predicted octanol–water partition coefficient (Wildman–Crippen LogP) is 0.177. The van der Waals surface area contributed by atoms with Crippen molar-refractivity contribution in [2.24, 2.45) is 0 Å². The molecule has 0 fully saturated rings. The molecule has 1 aromatic carbocycles. The van der Waals surface area contributed by atoms with Crippen LogP contribution in [0.15, 0.2) is 21.7 Å². The molecule has 0 atom stereocenters. The van der Waals surface area contributed by atoms with Gasteiger partial charge in [0.2, 0.25) is 5.43 Å². The summed E-state index contributed by atoms with van der Waals surface area (Å²) in [5.41, 5.74) is -0.647. The van der Waals surface area contributed by atoms with Gasteiger partial charge in [-0.15, -0.1) is 0 Å². The number of aromatic amines is 2. The van der Waals surface area contributed by atoms with Gasteiger partial charge in [-0.05, 0) is 6.07 Å². The summed E-state index contributed by atoms with van der Waals surface area (Å²) in [7, 11) is 2.93. The third-order valence-electron chi connectivity index (χ3n) is 2.99. The summed E-state index contributed by atoms with van der Waals surface area (Å²) in [6, 6.07) is 3.03. The highest BCUT2D eigenvalue weighted by molar-refractivity contribution is 5.88. The Morgan fingerprint density at radius 3 is 2.35 bits per heavy atom. The summed E-state index contributed by atoms with van der Waals surface area (Å²) < 4.78 is 10.3. The van der Waals surface area contributed by atoms with Crippen LogP contribution in [0.5, 0.6) is 11.5 Å². The molecule has 3 rings (SSSR count). The second kappa shape index (κ2) is 4.34. The summed E-state index contributed by atoms with van der Waals surface area (Å²) in [4.78, 5) is 27.0. The fraction of sp³-hybridized carbons (Fsp3) is 0.167. The number of benzene rings is 1. The van der Waals surface area contributed by atoms with Gasteiger partial charge < -0.3 is 14.5 Å². The molecule has 102 valence electrons. The Labute approximate surface area is 111 Å². The lowest BCUT2D eigenvalue weighted by atomic mass is 10.2. The van der Waals surface area contributed by atoms with E-state index < -0.39 is 11.0 Å². The van der Waals surface area contributed by atoms with Gasteiger partial charge in [-0.25, -0.2) is 0 Å². The van der Waals surface area contributed by atoms with Crippen LogP contribution in [0.3, 0.4) is 0 Å². The first-order chi connectivity index (χ1) is 9.65. The maximum Gasteiger partial charge on any atom is 0.278 e. The molecule has 2 aromatic heterocycles. The fourth-order valence-electron chi connectivity index (χ4n) is 2.03. The third-order valence-corrected chi connectivity index (χ3v) is 2.99. The SMILES string of the molecule is COc1cc2[nH]c(=O)c3n[nH]nc3c(=O)c2cc1OC. The topological polar surface area (TPSA) is 110 Å². The van der Waals surface area contributed by atoms with Gasteiger partial charge in [0.05, 0.1) is 25.1 Å². The molecule has 0 amide bonds. The standard InChI is InChI=1S/C12H10N4O4/c1-19-7-3-5-6(4-8(7)20-2)13-12(18)10-9(11(5)17)14-16-15-10/h3-4H,1-2H3,(H,13,18)(H,14,15,16). The van der Waals surface area contributed by atoms with Gasteiger partial charge in [0.25, 0.3) is 5.56 Å². The van der Waals surface area contributed by atoms with Gasteiger partial charge in [-0.3, -0.25) is 9.59 Å². The minimum Gasteiger partial charge on any atom is -0.493 e. The lowest BCUT2D eigenvalue weighted by molar-refractivity contribution is 0.356. The van der Waals surface area contributed by atoms with Crippen molar-refractivity contribution in [1.82, 2.24) is 20.4 Å². The van der Waals surface area contributed by atoms with Crippen LogP contribution in [0.25, 0.3) is 21.9 Å². The largest absolute Gasteiger partial charge is 0.493 e. The van der Waals surface area contributed by atoms with Gasteiger partial charge in [-0.2, -0.15) is 15.4 Å². The monoisotopic (exact) mass is 274 g/mol. The summed E-state index contributed by atoms with van der Waals surface area (Å²) in [6.45, 7) is 0. The van der Waals surface area contributed by atoms with Crippen LogP contribution in [0.1, 0.15) is 0 Å². The van der Waals surface area contributed by atoms with Gasteiger partial charge in [0.15, 0.2) is 22.5 Å². The summed E-state index contributed by atoms with van der Waals surface area (Å²) >= 11 is 0. The van der Waals surface area contributed by atoms with E-state index in [9.17, 15) is 9.59 Å². The zero-order chi connectivity index (χ0) is 14.3. The first kappa shape index (κ1) is 12.2.